The van der Waals surface area contributed by atoms with E-state index in [-0.39, 0.29) is 22.0 Å². The van der Waals surface area contributed by atoms with E-state index in [4.69, 9.17) is 11.6 Å². The second kappa shape index (κ2) is 5.76. The topological polar surface area (TPSA) is 105 Å². The Labute approximate surface area is 123 Å². The number of pyridine rings is 1. The Morgan fingerprint density at radius 1 is 1.38 bits per heavy atom. The highest BCUT2D eigenvalue weighted by molar-refractivity contribution is 6.31. The monoisotopic (exact) mass is 307 g/mol. The number of nitro groups is 1. The van der Waals surface area contributed by atoms with Crippen LogP contribution in [-0.4, -0.2) is 15.8 Å². The Kier molecular flexibility index (Phi) is 4.04. The van der Waals surface area contributed by atoms with Gasteiger partial charge in [0, 0.05) is 29.0 Å². The molecule has 1 aromatic heterocycles. The smallest absolute Gasteiger partial charge is 0.294 e. The molecule has 0 aliphatic carbocycles. The van der Waals surface area contributed by atoms with Gasteiger partial charge in [0.15, 0.2) is 5.43 Å². The molecule has 0 bridgehead atoms. The number of rotatable bonds is 3. The molecule has 2 N–H and O–H groups in total. The van der Waals surface area contributed by atoms with Crippen molar-refractivity contribution < 1.29 is 9.72 Å². The van der Waals surface area contributed by atoms with E-state index < -0.39 is 16.3 Å². The molecule has 1 aromatic carbocycles. The van der Waals surface area contributed by atoms with Gasteiger partial charge in [0.05, 0.1) is 4.92 Å². The largest absolute Gasteiger partial charge is 0.364 e. The maximum absolute atomic E-state index is 12.0. The first kappa shape index (κ1) is 14.7. The lowest BCUT2D eigenvalue weighted by atomic mass is 10.2. The standard InChI is InChI=1S/C13H10ClN3O4/c1-7-4-12(18)9(6-15-7)13(19)16-10-3-2-8(14)5-11(10)17(20)21/h2-6H,1H3,(H,15,18)(H,16,19). The Balaban J connectivity index is 2.36. The Morgan fingerprint density at radius 3 is 2.71 bits per heavy atom. The fourth-order valence-corrected chi connectivity index (χ4v) is 1.87. The maximum Gasteiger partial charge on any atom is 0.294 e. The average Bonchev–Trinajstić information content (AvgIpc) is 2.40. The third kappa shape index (κ3) is 3.26. The van der Waals surface area contributed by atoms with E-state index in [1.165, 1.54) is 24.4 Å². The van der Waals surface area contributed by atoms with Gasteiger partial charge >= 0.3 is 0 Å². The second-order valence-corrected chi connectivity index (χ2v) is 4.70. The maximum atomic E-state index is 12.0. The van der Waals surface area contributed by atoms with Crippen molar-refractivity contribution in [1.82, 2.24) is 4.98 Å². The van der Waals surface area contributed by atoms with Gasteiger partial charge in [-0.15, -0.1) is 0 Å². The summed E-state index contributed by atoms with van der Waals surface area (Å²) in [5.41, 5.74) is -0.381. The zero-order valence-corrected chi connectivity index (χ0v) is 11.6. The number of nitrogens with one attached hydrogen (secondary N) is 2. The highest BCUT2D eigenvalue weighted by atomic mass is 35.5. The number of hydrogen-bond donors (Lipinski definition) is 2. The van der Waals surface area contributed by atoms with Crippen LogP contribution < -0.4 is 10.7 Å². The highest BCUT2D eigenvalue weighted by Gasteiger charge is 2.18. The minimum Gasteiger partial charge on any atom is -0.364 e. The van der Waals surface area contributed by atoms with Gasteiger partial charge in [-0.3, -0.25) is 19.7 Å². The van der Waals surface area contributed by atoms with Crippen molar-refractivity contribution in [2.24, 2.45) is 0 Å². The summed E-state index contributed by atoms with van der Waals surface area (Å²) in [7, 11) is 0. The van der Waals surface area contributed by atoms with Gasteiger partial charge in [-0.1, -0.05) is 11.6 Å². The van der Waals surface area contributed by atoms with Gasteiger partial charge in [0.25, 0.3) is 11.6 Å². The molecule has 0 atom stereocenters. The van der Waals surface area contributed by atoms with Crippen LogP contribution in [0.2, 0.25) is 5.02 Å². The van der Waals surface area contributed by atoms with E-state index in [1.54, 1.807) is 6.92 Å². The summed E-state index contributed by atoms with van der Waals surface area (Å²) in [4.78, 5) is 36.7. The molecule has 7 nitrogen and oxygen atoms in total. The molecule has 2 aromatic rings. The molecule has 0 unspecified atom stereocenters. The lowest BCUT2D eigenvalue weighted by Crippen LogP contribution is -2.22. The number of benzene rings is 1. The molecule has 108 valence electrons. The Morgan fingerprint density at radius 2 is 2.10 bits per heavy atom. The van der Waals surface area contributed by atoms with E-state index in [0.29, 0.717) is 5.69 Å². The fraction of sp³-hybridized carbons (Fsp3) is 0.0769. The summed E-state index contributed by atoms with van der Waals surface area (Å²) >= 11 is 5.68. The minimum absolute atomic E-state index is 0.0330. The van der Waals surface area contributed by atoms with Crippen molar-refractivity contribution in [2.75, 3.05) is 5.32 Å². The fourth-order valence-electron chi connectivity index (χ4n) is 1.70. The second-order valence-electron chi connectivity index (χ2n) is 4.27. The zero-order valence-electron chi connectivity index (χ0n) is 10.8. The summed E-state index contributed by atoms with van der Waals surface area (Å²) in [5, 5.41) is 13.4. The molecule has 21 heavy (non-hydrogen) atoms. The molecule has 1 heterocycles. The normalized spacial score (nSPS) is 10.2. The predicted molar refractivity (Wildman–Crippen MR) is 77.9 cm³/mol. The van der Waals surface area contributed by atoms with Crippen LogP contribution in [-0.2, 0) is 0 Å². The SMILES string of the molecule is Cc1cc(=O)c(C(=O)Nc2ccc(Cl)cc2[N+](=O)[O-])c[nH]1. The number of nitro benzene ring substituents is 1. The third-order valence-electron chi connectivity index (χ3n) is 2.71. The molecule has 0 aliphatic heterocycles. The Bertz CT molecular complexity index is 785. The van der Waals surface area contributed by atoms with Gasteiger partial charge in [-0.25, -0.2) is 0 Å². The number of carbonyl (C=O) groups excluding carboxylic acids is 1. The van der Waals surface area contributed by atoms with Crippen LogP contribution in [0.15, 0.2) is 35.3 Å². The summed E-state index contributed by atoms with van der Waals surface area (Å²) in [6.07, 6.45) is 1.26. The quantitative estimate of drug-likeness (QED) is 0.671. The van der Waals surface area contributed by atoms with Crippen LogP contribution in [0.3, 0.4) is 0 Å². The van der Waals surface area contributed by atoms with Crippen LogP contribution in [0.1, 0.15) is 16.1 Å². The van der Waals surface area contributed by atoms with E-state index in [1.807, 2.05) is 0 Å². The van der Waals surface area contributed by atoms with Gasteiger partial charge in [-0.05, 0) is 19.1 Å². The summed E-state index contributed by atoms with van der Waals surface area (Å²) in [6.45, 7) is 1.67. The van der Waals surface area contributed by atoms with Crippen LogP contribution in [0.4, 0.5) is 11.4 Å². The molecule has 0 spiro atoms. The molecule has 0 saturated heterocycles. The number of H-pyrrole nitrogens is 1. The van der Waals surface area contributed by atoms with Crippen molar-refractivity contribution in [3.63, 3.8) is 0 Å². The van der Waals surface area contributed by atoms with E-state index in [0.717, 1.165) is 6.07 Å². The lowest BCUT2D eigenvalue weighted by Gasteiger charge is -2.06. The molecule has 0 fully saturated rings. The van der Waals surface area contributed by atoms with Crippen molar-refractivity contribution in [3.8, 4) is 0 Å². The first-order chi connectivity index (χ1) is 9.88. The number of anilines is 1. The molecule has 0 saturated carbocycles. The zero-order chi connectivity index (χ0) is 15.6. The number of nitrogens with zero attached hydrogens (tertiary/aromatic N) is 1. The molecule has 1 amide bonds. The number of carbonyl (C=O) groups is 1. The number of aromatic nitrogens is 1. The lowest BCUT2D eigenvalue weighted by molar-refractivity contribution is -0.383. The number of aryl methyl sites for hydroxylation is 1. The van der Waals surface area contributed by atoms with E-state index in [9.17, 15) is 19.7 Å². The van der Waals surface area contributed by atoms with Crippen LogP contribution in [0.25, 0.3) is 0 Å². The molecular weight excluding hydrogens is 298 g/mol. The van der Waals surface area contributed by atoms with Crippen LogP contribution in [0, 0.1) is 17.0 Å². The number of aromatic amines is 1. The molecule has 0 radical (unpaired) electrons. The molecule has 8 heteroatoms. The first-order valence-corrected chi connectivity index (χ1v) is 6.21. The van der Waals surface area contributed by atoms with Crippen molar-refractivity contribution in [1.29, 1.82) is 0 Å². The number of amides is 1. The van der Waals surface area contributed by atoms with Gasteiger partial charge in [-0.2, -0.15) is 0 Å². The Hall–Kier alpha value is -2.67. The van der Waals surface area contributed by atoms with Gasteiger partial charge < -0.3 is 10.3 Å². The summed E-state index contributed by atoms with van der Waals surface area (Å²) in [5.74, 6) is -0.735. The number of halogens is 1. The average molecular weight is 308 g/mol. The summed E-state index contributed by atoms with van der Waals surface area (Å²) in [6, 6.07) is 5.10. The predicted octanol–water partition coefficient (Wildman–Crippen LogP) is 2.50. The van der Waals surface area contributed by atoms with E-state index >= 15 is 0 Å². The molecule has 0 aliphatic rings. The first-order valence-electron chi connectivity index (χ1n) is 5.83. The van der Waals surface area contributed by atoms with Crippen molar-refractivity contribution in [2.45, 2.75) is 6.92 Å². The van der Waals surface area contributed by atoms with Crippen molar-refractivity contribution >= 4 is 28.9 Å². The van der Waals surface area contributed by atoms with Crippen LogP contribution >= 0.6 is 11.6 Å². The molecular formula is C13H10ClN3O4. The van der Waals surface area contributed by atoms with Gasteiger partial charge in [0.1, 0.15) is 11.3 Å². The third-order valence-corrected chi connectivity index (χ3v) is 2.94. The van der Waals surface area contributed by atoms with Crippen LogP contribution in [0.5, 0.6) is 0 Å². The number of hydrogen-bond acceptors (Lipinski definition) is 4. The summed E-state index contributed by atoms with van der Waals surface area (Å²) < 4.78 is 0. The van der Waals surface area contributed by atoms with E-state index in [2.05, 4.69) is 10.3 Å². The molecule has 2 rings (SSSR count). The van der Waals surface area contributed by atoms with Gasteiger partial charge in [0.2, 0.25) is 0 Å². The van der Waals surface area contributed by atoms with Crippen molar-refractivity contribution in [3.05, 3.63) is 67.1 Å². The minimum atomic E-state index is -0.735. The highest BCUT2D eigenvalue weighted by Crippen LogP contribution is 2.27.